The number of hydrogen-bond acceptors (Lipinski definition) is 4. The summed E-state index contributed by atoms with van der Waals surface area (Å²) in [4.78, 5) is 6.76. The largest absolute Gasteiger partial charge is 0.312 e. The maximum atomic E-state index is 4.87. The monoisotopic (exact) mass is 369 g/mol. The van der Waals surface area contributed by atoms with Gasteiger partial charge in [0.05, 0.1) is 11.4 Å². The molecule has 3 heterocycles. The molecule has 1 aliphatic heterocycles. The van der Waals surface area contributed by atoms with Crippen molar-refractivity contribution >= 4 is 12.4 Å². The third-order valence-corrected chi connectivity index (χ3v) is 4.59. The molecule has 26 heavy (non-hydrogen) atoms. The van der Waals surface area contributed by atoms with Crippen molar-refractivity contribution < 1.29 is 0 Å². The Kier molecular flexibility index (Phi) is 6.04. The van der Waals surface area contributed by atoms with E-state index in [1.165, 1.54) is 5.56 Å². The molecule has 2 aromatic heterocycles. The zero-order valence-electron chi connectivity index (χ0n) is 14.9. The normalized spacial score (nSPS) is 17.7. The molecule has 1 fully saturated rings. The van der Waals surface area contributed by atoms with Crippen LogP contribution in [0.5, 0.6) is 0 Å². The molecule has 0 amide bonds. The Labute approximate surface area is 160 Å². The van der Waals surface area contributed by atoms with Crippen LogP contribution in [-0.4, -0.2) is 45.3 Å². The van der Waals surface area contributed by atoms with Gasteiger partial charge in [-0.05, 0) is 31.2 Å². The predicted octanol–water partition coefficient (Wildman–Crippen LogP) is 3.15. The van der Waals surface area contributed by atoms with E-state index in [2.05, 4.69) is 46.5 Å². The minimum Gasteiger partial charge on any atom is -0.312 e. The fourth-order valence-corrected chi connectivity index (χ4v) is 3.38. The number of aromatic nitrogens is 3. The van der Waals surface area contributed by atoms with Gasteiger partial charge in [0.25, 0.3) is 0 Å². The Bertz CT molecular complexity index is 819. The van der Waals surface area contributed by atoms with Gasteiger partial charge in [-0.2, -0.15) is 5.10 Å². The van der Waals surface area contributed by atoms with E-state index in [1.54, 1.807) is 6.20 Å². The fourth-order valence-electron chi connectivity index (χ4n) is 3.38. The van der Waals surface area contributed by atoms with Crippen LogP contribution in [0.2, 0.25) is 0 Å². The molecule has 0 spiro atoms. The first-order chi connectivity index (χ1) is 12.3. The zero-order valence-corrected chi connectivity index (χ0v) is 15.7. The van der Waals surface area contributed by atoms with Crippen LogP contribution in [0, 0.1) is 0 Å². The van der Waals surface area contributed by atoms with Gasteiger partial charge < -0.3 is 5.32 Å². The van der Waals surface area contributed by atoms with Gasteiger partial charge in [0, 0.05) is 61.9 Å². The molecule has 5 nitrogen and oxygen atoms in total. The Morgan fingerprint density at radius 2 is 2.00 bits per heavy atom. The molecule has 1 N–H and O–H groups in total. The van der Waals surface area contributed by atoms with E-state index < -0.39 is 0 Å². The summed E-state index contributed by atoms with van der Waals surface area (Å²) >= 11 is 0. The second-order valence-electron chi connectivity index (χ2n) is 6.62. The van der Waals surface area contributed by atoms with Crippen LogP contribution < -0.4 is 5.32 Å². The van der Waals surface area contributed by atoms with E-state index in [1.807, 2.05) is 35.1 Å². The van der Waals surface area contributed by atoms with Gasteiger partial charge in [0.15, 0.2) is 0 Å². The summed E-state index contributed by atoms with van der Waals surface area (Å²) in [5.41, 5.74) is 4.40. The summed E-state index contributed by atoms with van der Waals surface area (Å²) in [6.07, 6.45) is 5.85. The number of pyridine rings is 1. The van der Waals surface area contributed by atoms with Crippen LogP contribution in [0.4, 0.5) is 0 Å². The lowest BCUT2D eigenvalue weighted by Crippen LogP contribution is -2.48. The third-order valence-electron chi connectivity index (χ3n) is 4.59. The second kappa shape index (κ2) is 8.45. The minimum atomic E-state index is 0. The number of halogens is 1. The van der Waals surface area contributed by atoms with Crippen LogP contribution in [-0.2, 0) is 6.54 Å². The molecular weight excluding hydrogens is 346 g/mol. The average molecular weight is 370 g/mol. The topological polar surface area (TPSA) is 46.0 Å². The van der Waals surface area contributed by atoms with E-state index in [0.29, 0.717) is 6.04 Å². The van der Waals surface area contributed by atoms with Gasteiger partial charge in [0.1, 0.15) is 0 Å². The average Bonchev–Trinajstić information content (AvgIpc) is 3.07. The lowest BCUT2D eigenvalue weighted by Gasteiger charge is -2.31. The van der Waals surface area contributed by atoms with Gasteiger partial charge in [-0.25, -0.2) is 4.68 Å². The number of nitrogens with one attached hydrogen (secondary N) is 1. The predicted molar refractivity (Wildman–Crippen MR) is 107 cm³/mol. The molecule has 4 rings (SSSR count). The highest BCUT2D eigenvalue weighted by atomic mass is 35.5. The molecule has 0 aliphatic carbocycles. The van der Waals surface area contributed by atoms with E-state index in [0.717, 1.165) is 43.1 Å². The second-order valence-corrected chi connectivity index (χ2v) is 6.62. The molecule has 1 aromatic carbocycles. The highest BCUT2D eigenvalue weighted by molar-refractivity contribution is 5.85. The molecule has 3 aromatic rings. The molecule has 0 radical (unpaired) electrons. The van der Waals surface area contributed by atoms with Crippen molar-refractivity contribution in [3.05, 3.63) is 66.6 Å². The van der Waals surface area contributed by atoms with Crippen molar-refractivity contribution in [1.29, 1.82) is 0 Å². The molecule has 0 unspecified atom stereocenters. The van der Waals surface area contributed by atoms with E-state index in [9.17, 15) is 0 Å². The standard InChI is InChI=1S/C20H23N5.ClH/c1-16-13-24(11-10-22-16)14-18-15-25(19-7-3-2-4-8-19)23-20(18)17-6-5-9-21-12-17;/h2-9,12,15-16,22H,10-11,13-14H2,1H3;1H/t16-;/m1./s1. The first kappa shape index (κ1) is 18.6. The maximum absolute atomic E-state index is 4.87. The van der Waals surface area contributed by atoms with Gasteiger partial charge in [-0.1, -0.05) is 18.2 Å². The van der Waals surface area contributed by atoms with Crippen LogP contribution in [0.25, 0.3) is 16.9 Å². The van der Waals surface area contributed by atoms with E-state index in [-0.39, 0.29) is 12.4 Å². The molecule has 1 aliphatic rings. The Hall–Kier alpha value is -2.21. The van der Waals surface area contributed by atoms with Crippen LogP contribution in [0.1, 0.15) is 12.5 Å². The quantitative estimate of drug-likeness (QED) is 0.767. The molecule has 1 atom stereocenters. The number of para-hydroxylation sites is 1. The van der Waals surface area contributed by atoms with Gasteiger partial charge in [-0.3, -0.25) is 9.88 Å². The summed E-state index contributed by atoms with van der Waals surface area (Å²) in [5.74, 6) is 0. The van der Waals surface area contributed by atoms with Crippen LogP contribution in [0.3, 0.4) is 0 Å². The summed E-state index contributed by atoms with van der Waals surface area (Å²) < 4.78 is 1.98. The summed E-state index contributed by atoms with van der Waals surface area (Å²) in [7, 11) is 0. The van der Waals surface area contributed by atoms with E-state index >= 15 is 0 Å². The van der Waals surface area contributed by atoms with Crippen molar-refractivity contribution in [3.8, 4) is 16.9 Å². The molecule has 0 saturated carbocycles. The lowest BCUT2D eigenvalue weighted by molar-refractivity contribution is 0.200. The number of nitrogens with zero attached hydrogens (tertiary/aromatic N) is 4. The molecular formula is C20H24ClN5. The van der Waals surface area contributed by atoms with Crippen molar-refractivity contribution in [3.63, 3.8) is 0 Å². The maximum Gasteiger partial charge on any atom is 0.0988 e. The fraction of sp³-hybridized carbons (Fsp3) is 0.300. The first-order valence-corrected chi connectivity index (χ1v) is 8.80. The Morgan fingerprint density at radius 3 is 2.73 bits per heavy atom. The molecule has 136 valence electrons. The summed E-state index contributed by atoms with van der Waals surface area (Å²) in [6, 6.07) is 14.8. The number of benzene rings is 1. The zero-order chi connectivity index (χ0) is 17.1. The molecule has 6 heteroatoms. The summed E-state index contributed by atoms with van der Waals surface area (Å²) in [6.45, 7) is 6.30. The minimum absolute atomic E-state index is 0. The highest BCUT2D eigenvalue weighted by Crippen LogP contribution is 2.24. The highest BCUT2D eigenvalue weighted by Gasteiger charge is 2.19. The number of piperazine rings is 1. The van der Waals surface area contributed by atoms with Crippen molar-refractivity contribution in [2.24, 2.45) is 0 Å². The lowest BCUT2D eigenvalue weighted by atomic mass is 10.1. The van der Waals surface area contributed by atoms with Crippen molar-refractivity contribution in [2.45, 2.75) is 19.5 Å². The Morgan fingerprint density at radius 1 is 1.15 bits per heavy atom. The van der Waals surface area contributed by atoms with Crippen molar-refractivity contribution in [1.82, 2.24) is 25.0 Å². The smallest absolute Gasteiger partial charge is 0.0988 e. The van der Waals surface area contributed by atoms with Gasteiger partial charge in [0.2, 0.25) is 0 Å². The van der Waals surface area contributed by atoms with E-state index in [4.69, 9.17) is 5.10 Å². The van der Waals surface area contributed by atoms with Crippen molar-refractivity contribution in [2.75, 3.05) is 19.6 Å². The molecule has 1 saturated heterocycles. The third kappa shape index (κ3) is 4.12. The summed E-state index contributed by atoms with van der Waals surface area (Å²) in [5, 5.41) is 8.37. The van der Waals surface area contributed by atoms with Crippen LogP contribution in [0.15, 0.2) is 61.1 Å². The van der Waals surface area contributed by atoms with Gasteiger partial charge in [-0.15, -0.1) is 12.4 Å². The van der Waals surface area contributed by atoms with Crippen LogP contribution >= 0.6 is 12.4 Å². The number of hydrogen-bond donors (Lipinski definition) is 1. The first-order valence-electron chi connectivity index (χ1n) is 8.80. The van der Waals surface area contributed by atoms with Gasteiger partial charge >= 0.3 is 0 Å². The molecule has 0 bridgehead atoms. The number of rotatable bonds is 4. The SMILES string of the molecule is C[C@@H]1CN(Cc2cn(-c3ccccc3)nc2-c2cccnc2)CCN1.Cl. The Balaban J connectivity index is 0.00000196.